The standard InChI is InChI=1S/C13H17BrN2O2/c1-8-6-10(14)12(17)11(7-8)16-13(18)9-2-4-15-5-3-9/h6-7,9,15,17H,2-5H2,1H3,(H,16,18). The number of amides is 1. The van der Waals surface area contributed by atoms with Crippen LogP contribution in [0.3, 0.4) is 0 Å². The topological polar surface area (TPSA) is 61.4 Å². The first-order valence-electron chi connectivity index (χ1n) is 6.08. The van der Waals surface area contributed by atoms with Crippen molar-refractivity contribution in [2.75, 3.05) is 18.4 Å². The maximum absolute atomic E-state index is 12.1. The summed E-state index contributed by atoms with van der Waals surface area (Å²) in [5.74, 6) is 0.108. The van der Waals surface area contributed by atoms with Gasteiger partial charge in [-0.15, -0.1) is 0 Å². The molecule has 1 aliphatic rings. The summed E-state index contributed by atoms with van der Waals surface area (Å²) in [4.78, 5) is 12.1. The third-order valence-corrected chi connectivity index (χ3v) is 3.78. The SMILES string of the molecule is Cc1cc(Br)c(O)c(NC(=O)C2CCNCC2)c1. The summed E-state index contributed by atoms with van der Waals surface area (Å²) >= 11 is 3.27. The highest BCUT2D eigenvalue weighted by Crippen LogP contribution is 2.33. The molecular formula is C13H17BrN2O2. The molecule has 1 saturated heterocycles. The Labute approximate surface area is 115 Å². The molecule has 1 heterocycles. The normalized spacial score (nSPS) is 16.6. The van der Waals surface area contributed by atoms with Crippen LogP contribution in [0.15, 0.2) is 16.6 Å². The van der Waals surface area contributed by atoms with Gasteiger partial charge in [0.25, 0.3) is 0 Å². The minimum atomic E-state index is -0.00991. The van der Waals surface area contributed by atoms with Crippen LogP contribution in [0, 0.1) is 12.8 Å². The number of anilines is 1. The fourth-order valence-electron chi connectivity index (χ4n) is 2.15. The van der Waals surface area contributed by atoms with Gasteiger partial charge in [0.2, 0.25) is 5.91 Å². The third kappa shape index (κ3) is 3.03. The van der Waals surface area contributed by atoms with E-state index in [9.17, 15) is 9.90 Å². The summed E-state index contributed by atoms with van der Waals surface area (Å²) in [7, 11) is 0. The van der Waals surface area contributed by atoms with E-state index in [1.54, 1.807) is 6.07 Å². The van der Waals surface area contributed by atoms with Crippen LogP contribution >= 0.6 is 15.9 Å². The van der Waals surface area contributed by atoms with E-state index in [1.165, 1.54) is 0 Å². The van der Waals surface area contributed by atoms with Gasteiger partial charge in [-0.2, -0.15) is 0 Å². The van der Waals surface area contributed by atoms with Crippen molar-refractivity contribution in [3.8, 4) is 5.75 Å². The van der Waals surface area contributed by atoms with Crippen LogP contribution in [0.2, 0.25) is 0 Å². The van der Waals surface area contributed by atoms with Crippen molar-refractivity contribution in [3.05, 3.63) is 22.2 Å². The van der Waals surface area contributed by atoms with E-state index in [0.717, 1.165) is 31.5 Å². The predicted octanol–water partition coefficient (Wildman–Crippen LogP) is 2.40. The average molecular weight is 313 g/mol. The number of carbonyl (C=O) groups is 1. The molecule has 0 bridgehead atoms. The minimum absolute atomic E-state index is 0.00991. The van der Waals surface area contributed by atoms with Crippen LogP contribution in [-0.4, -0.2) is 24.1 Å². The fraction of sp³-hybridized carbons (Fsp3) is 0.462. The summed E-state index contributed by atoms with van der Waals surface area (Å²) < 4.78 is 0.600. The minimum Gasteiger partial charge on any atom is -0.505 e. The van der Waals surface area contributed by atoms with E-state index < -0.39 is 0 Å². The van der Waals surface area contributed by atoms with Crippen molar-refractivity contribution >= 4 is 27.5 Å². The Morgan fingerprint density at radius 1 is 1.44 bits per heavy atom. The van der Waals surface area contributed by atoms with E-state index in [2.05, 4.69) is 26.6 Å². The number of rotatable bonds is 2. The van der Waals surface area contributed by atoms with Crippen LogP contribution in [0.1, 0.15) is 18.4 Å². The number of phenolic OH excluding ortho intramolecular Hbond substituents is 1. The molecule has 0 saturated carbocycles. The van der Waals surface area contributed by atoms with Crippen LogP contribution in [-0.2, 0) is 4.79 Å². The van der Waals surface area contributed by atoms with Crippen molar-refractivity contribution in [2.45, 2.75) is 19.8 Å². The molecule has 18 heavy (non-hydrogen) atoms. The monoisotopic (exact) mass is 312 g/mol. The lowest BCUT2D eigenvalue weighted by Crippen LogP contribution is -2.34. The van der Waals surface area contributed by atoms with Gasteiger partial charge in [-0.1, -0.05) is 0 Å². The lowest BCUT2D eigenvalue weighted by Gasteiger charge is -2.22. The number of benzene rings is 1. The number of carbonyl (C=O) groups excluding carboxylic acids is 1. The molecule has 1 aromatic rings. The van der Waals surface area contributed by atoms with E-state index in [4.69, 9.17) is 0 Å². The molecule has 5 heteroatoms. The molecular weight excluding hydrogens is 296 g/mol. The van der Waals surface area contributed by atoms with Crippen molar-refractivity contribution in [1.29, 1.82) is 0 Å². The molecule has 98 valence electrons. The molecule has 2 rings (SSSR count). The van der Waals surface area contributed by atoms with Crippen molar-refractivity contribution in [2.24, 2.45) is 5.92 Å². The molecule has 0 atom stereocenters. The van der Waals surface area contributed by atoms with Crippen LogP contribution < -0.4 is 10.6 Å². The molecule has 0 radical (unpaired) electrons. The molecule has 0 aliphatic carbocycles. The second-order valence-corrected chi connectivity index (χ2v) is 5.51. The summed E-state index contributed by atoms with van der Waals surface area (Å²) in [5.41, 5.74) is 1.46. The molecule has 1 fully saturated rings. The zero-order chi connectivity index (χ0) is 13.1. The number of halogens is 1. The predicted molar refractivity (Wildman–Crippen MR) is 74.8 cm³/mol. The summed E-state index contributed by atoms with van der Waals surface area (Å²) in [6, 6.07) is 3.59. The zero-order valence-electron chi connectivity index (χ0n) is 10.3. The van der Waals surface area contributed by atoms with Gasteiger partial charge >= 0.3 is 0 Å². The largest absolute Gasteiger partial charge is 0.505 e. The van der Waals surface area contributed by atoms with Gasteiger partial charge in [-0.05, 0) is 66.5 Å². The molecule has 3 N–H and O–H groups in total. The Bertz CT molecular complexity index is 457. The maximum atomic E-state index is 12.1. The third-order valence-electron chi connectivity index (χ3n) is 3.18. The van der Waals surface area contributed by atoms with Crippen LogP contribution in [0.5, 0.6) is 5.75 Å². The molecule has 1 aliphatic heterocycles. The number of phenols is 1. The zero-order valence-corrected chi connectivity index (χ0v) is 11.9. The van der Waals surface area contributed by atoms with Crippen LogP contribution in [0.25, 0.3) is 0 Å². The molecule has 4 nitrogen and oxygen atoms in total. The average Bonchev–Trinajstić information content (AvgIpc) is 2.36. The first-order chi connectivity index (χ1) is 8.58. The lowest BCUT2D eigenvalue weighted by atomic mass is 9.97. The number of hydrogen-bond donors (Lipinski definition) is 3. The molecule has 0 unspecified atom stereocenters. The lowest BCUT2D eigenvalue weighted by molar-refractivity contribution is -0.120. The number of piperidine rings is 1. The van der Waals surface area contributed by atoms with Gasteiger partial charge in [0.1, 0.15) is 0 Å². The number of hydrogen-bond acceptors (Lipinski definition) is 3. The van der Waals surface area contributed by atoms with Crippen molar-refractivity contribution in [1.82, 2.24) is 5.32 Å². The van der Waals surface area contributed by atoms with Gasteiger partial charge in [-0.25, -0.2) is 0 Å². The highest BCUT2D eigenvalue weighted by atomic mass is 79.9. The van der Waals surface area contributed by atoms with Crippen molar-refractivity contribution < 1.29 is 9.90 Å². The summed E-state index contributed by atoms with van der Waals surface area (Å²) in [5, 5.41) is 15.9. The maximum Gasteiger partial charge on any atom is 0.227 e. The molecule has 1 amide bonds. The van der Waals surface area contributed by atoms with Gasteiger partial charge < -0.3 is 15.7 Å². The van der Waals surface area contributed by atoms with E-state index in [0.29, 0.717) is 10.2 Å². The smallest absolute Gasteiger partial charge is 0.227 e. The van der Waals surface area contributed by atoms with E-state index in [1.807, 2.05) is 13.0 Å². The summed E-state index contributed by atoms with van der Waals surface area (Å²) in [6.45, 7) is 3.67. The van der Waals surface area contributed by atoms with Gasteiger partial charge in [0.15, 0.2) is 5.75 Å². The molecule has 0 aromatic heterocycles. The number of nitrogens with one attached hydrogen (secondary N) is 2. The fourth-order valence-corrected chi connectivity index (χ4v) is 2.72. The van der Waals surface area contributed by atoms with Gasteiger partial charge in [-0.3, -0.25) is 4.79 Å². The Balaban J connectivity index is 2.11. The van der Waals surface area contributed by atoms with Crippen LogP contribution in [0.4, 0.5) is 5.69 Å². The number of aromatic hydroxyl groups is 1. The van der Waals surface area contributed by atoms with Crippen molar-refractivity contribution in [3.63, 3.8) is 0 Å². The Kier molecular flexibility index (Phi) is 4.24. The van der Waals surface area contributed by atoms with E-state index in [-0.39, 0.29) is 17.6 Å². The Hall–Kier alpha value is -1.07. The highest BCUT2D eigenvalue weighted by Gasteiger charge is 2.22. The van der Waals surface area contributed by atoms with Gasteiger partial charge in [0.05, 0.1) is 10.2 Å². The molecule has 1 aromatic carbocycles. The summed E-state index contributed by atoms with van der Waals surface area (Å²) in [6.07, 6.45) is 1.69. The second kappa shape index (κ2) is 5.71. The second-order valence-electron chi connectivity index (χ2n) is 4.66. The quantitative estimate of drug-likeness (QED) is 0.735. The highest BCUT2D eigenvalue weighted by molar-refractivity contribution is 9.10. The Morgan fingerprint density at radius 2 is 2.11 bits per heavy atom. The first kappa shape index (κ1) is 13.4. The Morgan fingerprint density at radius 3 is 2.78 bits per heavy atom. The van der Waals surface area contributed by atoms with E-state index >= 15 is 0 Å². The number of aryl methyl sites for hydroxylation is 1. The molecule has 0 spiro atoms. The first-order valence-corrected chi connectivity index (χ1v) is 6.88. The van der Waals surface area contributed by atoms with Gasteiger partial charge in [0, 0.05) is 5.92 Å².